The highest BCUT2D eigenvalue weighted by Crippen LogP contribution is 2.07. The predicted molar refractivity (Wildman–Crippen MR) is 119 cm³/mol. The molecule has 3 amide bonds. The minimum absolute atomic E-state index is 0.0798. The van der Waals surface area contributed by atoms with Gasteiger partial charge in [-0.1, -0.05) is 13.8 Å². The van der Waals surface area contributed by atoms with Gasteiger partial charge in [0.15, 0.2) is 5.96 Å². The smallest absolute Gasteiger partial charge is 0.325 e. The summed E-state index contributed by atoms with van der Waals surface area (Å²) in [6.45, 7) is 4.83. The van der Waals surface area contributed by atoms with E-state index in [4.69, 9.17) is 27.4 Å². The summed E-state index contributed by atoms with van der Waals surface area (Å²) in [7, 11) is 0. The van der Waals surface area contributed by atoms with E-state index in [1.54, 1.807) is 13.8 Å². The Balaban J connectivity index is 5.21. The van der Waals surface area contributed by atoms with Crippen LogP contribution in [0.1, 0.15) is 46.5 Å². The Bertz CT molecular complexity index is 738. The molecule has 0 aromatic heterocycles. The van der Waals surface area contributed by atoms with Crippen molar-refractivity contribution in [3.8, 4) is 0 Å². The van der Waals surface area contributed by atoms with Crippen LogP contribution < -0.4 is 33.2 Å². The van der Waals surface area contributed by atoms with E-state index in [1.165, 1.54) is 6.92 Å². The third-order valence-electron chi connectivity index (χ3n) is 4.56. The lowest BCUT2D eigenvalue weighted by molar-refractivity contribution is -0.142. The topological polar surface area (TPSA) is 252 Å². The largest absolute Gasteiger partial charge is 0.481 e. The van der Waals surface area contributed by atoms with Crippen molar-refractivity contribution in [1.29, 1.82) is 0 Å². The van der Waals surface area contributed by atoms with E-state index in [1.807, 2.05) is 0 Å². The molecule has 0 fully saturated rings. The van der Waals surface area contributed by atoms with Crippen LogP contribution in [0.15, 0.2) is 4.99 Å². The maximum absolute atomic E-state index is 12.8. The van der Waals surface area contributed by atoms with Crippen LogP contribution in [0.25, 0.3) is 0 Å². The molecule has 0 bridgehead atoms. The lowest BCUT2D eigenvalue weighted by atomic mass is 10.0. The summed E-state index contributed by atoms with van der Waals surface area (Å²) in [6.07, 6.45) is -0.0303. The number of nitrogens with one attached hydrogen (secondary N) is 3. The van der Waals surface area contributed by atoms with Crippen molar-refractivity contribution in [3.63, 3.8) is 0 Å². The van der Waals surface area contributed by atoms with Gasteiger partial charge in [-0.25, -0.2) is 0 Å². The van der Waals surface area contributed by atoms with Gasteiger partial charge in [-0.3, -0.25) is 29.0 Å². The highest BCUT2D eigenvalue weighted by molar-refractivity contribution is 5.94. The molecule has 0 rings (SSSR count). The average molecular weight is 474 g/mol. The van der Waals surface area contributed by atoms with Gasteiger partial charge in [0.05, 0.1) is 6.04 Å². The van der Waals surface area contributed by atoms with Gasteiger partial charge in [-0.05, 0) is 32.1 Å². The maximum atomic E-state index is 12.8. The van der Waals surface area contributed by atoms with Crippen molar-refractivity contribution in [3.05, 3.63) is 0 Å². The summed E-state index contributed by atoms with van der Waals surface area (Å²) >= 11 is 0. The van der Waals surface area contributed by atoms with E-state index in [0.29, 0.717) is 6.42 Å². The van der Waals surface area contributed by atoms with E-state index in [2.05, 4.69) is 20.9 Å². The number of carbonyl (C=O) groups is 5. The van der Waals surface area contributed by atoms with Crippen molar-refractivity contribution in [2.24, 2.45) is 28.1 Å². The molecule has 33 heavy (non-hydrogen) atoms. The van der Waals surface area contributed by atoms with E-state index in [-0.39, 0.29) is 25.3 Å². The van der Waals surface area contributed by atoms with Crippen molar-refractivity contribution < 1.29 is 34.2 Å². The zero-order valence-electron chi connectivity index (χ0n) is 19.0. The number of rotatable bonds is 15. The van der Waals surface area contributed by atoms with Gasteiger partial charge >= 0.3 is 11.9 Å². The number of aliphatic carboxylic acids is 2. The molecule has 0 spiro atoms. The van der Waals surface area contributed by atoms with Crippen LogP contribution in [0.4, 0.5) is 0 Å². The summed E-state index contributed by atoms with van der Waals surface area (Å²) in [5, 5.41) is 25.0. The van der Waals surface area contributed by atoms with Crippen molar-refractivity contribution in [1.82, 2.24) is 16.0 Å². The van der Waals surface area contributed by atoms with Gasteiger partial charge in [0.1, 0.15) is 18.1 Å². The number of amides is 3. The molecular weight excluding hydrogens is 438 g/mol. The first-order valence-corrected chi connectivity index (χ1v) is 10.4. The SMILES string of the molecule is CC(NC(=O)C(CCC(=O)O)NC(=O)C(NC(=O)C(N)CCCN=C(N)N)C(C)C)C(=O)O. The number of carboxylic acid groups (broad SMARTS) is 2. The molecular formula is C19H35N7O7. The van der Waals surface area contributed by atoms with Gasteiger partial charge in [0.2, 0.25) is 17.7 Å². The third-order valence-corrected chi connectivity index (χ3v) is 4.56. The van der Waals surface area contributed by atoms with Gasteiger partial charge in [0, 0.05) is 13.0 Å². The van der Waals surface area contributed by atoms with E-state index in [9.17, 15) is 24.0 Å². The Morgan fingerprint density at radius 2 is 1.48 bits per heavy atom. The van der Waals surface area contributed by atoms with Crippen molar-refractivity contribution >= 4 is 35.6 Å². The van der Waals surface area contributed by atoms with Crippen LogP contribution in [-0.4, -0.2) is 76.5 Å². The van der Waals surface area contributed by atoms with Crippen molar-refractivity contribution in [2.75, 3.05) is 6.54 Å². The summed E-state index contributed by atoms with van der Waals surface area (Å²) in [5.74, 6) is -5.17. The Labute approximate surface area is 191 Å². The fourth-order valence-electron chi connectivity index (χ4n) is 2.62. The minimum Gasteiger partial charge on any atom is -0.481 e. The van der Waals surface area contributed by atoms with Crippen LogP contribution in [0.3, 0.4) is 0 Å². The van der Waals surface area contributed by atoms with Crippen molar-refractivity contribution in [2.45, 2.75) is 70.6 Å². The Hall–Kier alpha value is -3.42. The Morgan fingerprint density at radius 3 is 1.97 bits per heavy atom. The van der Waals surface area contributed by atoms with E-state index >= 15 is 0 Å². The van der Waals surface area contributed by atoms with E-state index in [0.717, 1.165) is 0 Å². The molecule has 0 aliphatic rings. The number of carboxylic acids is 2. The molecule has 0 aromatic carbocycles. The number of nitrogens with zero attached hydrogens (tertiary/aromatic N) is 1. The van der Waals surface area contributed by atoms with Gasteiger partial charge in [-0.2, -0.15) is 0 Å². The number of aliphatic imine (C=N–C) groups is 1. The number of nitrogens with two attached hydrogens (primary N) is 3. The second kappa shape index (κ2) is 14.6. The summed E-state index contributed by atoms with van der Waals surface area (Å²) < 4.78 is 0. The van der Waals surface area contributed by atoms with Gasteiger partial charge in [0.25, 0.3) is 0 Å². The zero-order chi connectivity index (χ0) is 25.7. The maximum Gasteiger partial charge on any atom is 0.325 e. The monoisotopic (exact) mass is 473 g/mol. The van der Waals surface area contributed by atoms with Crippen LogP contribution >= 0.6 is 0 Å². The lowest BCUT2D eigenvalue weighted by Crippen LogP contribution is -2.58. The van der Waals surface area contributed by atoms with Gasteiger partial charge < -0.3 is 43.4 Å². The highest BCUT2D eigenvalue weighted by Gasteiger charge is 2.31. The molecule has 4 atom stereocenters. The molecule has 0 aliphatic heterocycles. The molecule has 0 aliphatic carbocycles. The second-order valence-corrected chi connectivity index (χ2v) is 7.85. The Morgan fingerprint density at radius 1 is 0.879 bits per heavy atom. The third kappa shape index (κ3) is 12.3. The zero-order valence-corrected chi connectivity index (χ0v) is 19.0. The fourth-order valence-corrected chi connectivity index (χ4v) is 2.62. The van der Waals surface area contributed by atoms with Crippen LogP contribution in [-0.2, 0) is 24.0 Å². The number of guanidine groups is 1. The molecule has 14 nitrogen and oxygen atoms in total. The highest BCUT2D eigenvalue weighted by atomic mass is 16.4. The minimum atomic E-state index is -1.32. The molecule has 0 aromatic rings. The standard InChI is InChI=1S/C19H35N7O7/c1-9(2)14(26-15(29)11(20)5-4-8-23-19(21)22)17(31)25-12(6-7-13(27)28)16(30)24-10(3)18(32)33/h9-12,14H,4-8,20H2,1-3H3,(H,24,30)(H,25,31)(H,26,29)(H,27,28)(H,32,33)(H4,21,22,23). The first-order valence-electron chi connectivity index (χ1n) is 10.4. The van der Waals surface area contributed by atoms with Crippen LogP contribution in [0, 0.1) is 5.92 Å². The molecule has 0 heterocycles. The number of carbonyl (C=O) groups excluding carboxylic acids is 3. The Kier molecular flexibility index (Phi) is 13.1. The first kappa shape index (κ1) is 29.6. The number of hydrogen-bond acceptors (Lipinski definition) is 7. The summed E-state index contributed by atoms with van der Waals surface area (Å²) in [6, 6.07) is -4.57. The summed E-state index contributed by atoms with van der Waals surface area (Å²) in [5.41, 5.74) is 16.3. The predicted octanol–water partition coefficient (Wildman–Crippen LogP) is -2.55. The number of hydrogen-bond donors (Lipinski definition) is 8. The molecule has 0 radical (unpaired) electrons. The molecule has 4 unspecified atom stereocenters. The molecule has 11 N–H and O–H groups in total. The van der Waals surface area contributed by atoms with Crippen LogP contribution in [0.5, 0.6) is 0 Å². The second-order valence-electron chi connectivity index (χ2n) is 7.85. The molecule has 0 saturated carbocycles. The average Bonchev–Trinajstić information content (AvgIpc) is 2.70. The normalized spacial score (nSPS) is 14.3. The van der Waals surface area contributed by atoms with Crippen LogP contribution in [0.2, 0.25) is 0 Å². The molecule has 0 saturated heterocycles. The van der Waals surface area contributed by atoms with E-state index < -0.39 is 66.2 Å². The first-order chi connectivity index (χ1) is 15.3. The molecule has 14 heteroatoms. The fraction of sp³-hybridized carbons (Fsp3) is 0.684. The molecule has 188 valence electrons. The lowest BCUT2D eigenvalue weighted by Gasteiger charge is -2.26. The summed E-state index contributed by atoms with van der Waals surface area (Å²) in [4.78, 5) is 63.3. The van der Waals surface area contributed by atoms with Gasteiger partial charge in [-0.15, -0.1) is 0 Å². The quantitative estimate of drug-likeness (QED) is 0.0701.